The molecule has 2 aromatic rings. The van der Waals surface area contributed by atoms with Gasteiger partial charge >= 0.3 is 0 Å². The molecule has 20 heavy (non-hydrogen) atoms. The lowest BCUT2D eigenvalue weighted by Crippen LogP contribution is -2.45. The fourth-order valence-corrected chi connectivity index (χ4v) is 2.26. The predicted molar refractivity (Wildman–Crippen MR) is 72.5 cm³/mol. The molecule has 0 radical (unpaired) electrons. The van der Waals surface area contributed by atoms with Crippen LogP contribution in [0.1, 0.15) is 23.2 Å². The molecule has 1 aliphatic rings. The minimum Gasteiger partial charge on any atom is -0.348 e. The molecule has 0 saturated carbocycles. The van der Waals surface area contributed by atoms with E-state index in [-0.39, 0.29) is 11.9 Å². The first-order valence-corrected chi connectivity index (χ1v) is 6.65. The zero-order valence-corrected chi connectivity index (χ0v) is 11.0. The van der Waals surface area contributed by atoms with Crippen LogP contribution in [0, 0.1) is 0 Å². The summed E-state index contributed by atoms with van der Waals surface area (Å²) in [6.07, 6.45) is 6.69. The van der Waals surface area contributed by atoms with Crippen molar-refractivity contribution in [2.24, 2.45) is 0 Å². The van der Waals surface area contributed by atoms with Gasteiger partial charge in [0.25, 0.3) is 5.91 Å². The molecule has 1 aliphatic heterocycles. The van der Waals surface area contributed by atoms with Crippen LogP contribution >= 0.6 is 0 Å². The molecule has 0 unspecified atom stereocenters. The Morgan fingerprint density at radius 1 is 1.50 bits per heavy atom. The van der Waals surface area contributed by atoms with Crippen LogP contribution in [0.4, 0.5) is 0 Å². The first-order chi connectivity index (χ1) is 9.83. The average Bonchev–Trinajstić information content (AvgIpc) is 3.03. The number of hydrogen-bond acceptors (Lipinski definition) is 5. The SMILES string of the molecule is O=C(N[C@H]1CCCNC1)c1ccnc(-n2cncn2)c1. The van der Waals surface area contributed by atoms with Gasteiger partial charge in [-0.1, -0.05) is 0 Å². The van der Waals surface area contributed by atoms with Crippen LogP contribution in [-0.4, -0.2) is 44.8 Å². The molecule has 0 bridgehead atoms. The van der Waals surface area contributed by atoms with Crippen molar-refractivity contribution >= 4 is 5.91 Å². The molecule has 0 aromatic carbocycles. The second kappa shape index (κ2) is 5.79. The molecular weight excluding hydrogens is 256 g/mol. The Kier molecular flexibility index (Phi) is 3.69. The van der Waals surface area contributed by atoms with E-state index in [0.717, 1.165) is 25.9 Å². The number of rotatable bonds is 3. The Morgan fingerprint density at radius 3 is 3.20 bits per heavy atom. The highest BCUT2D eigenvalue weighted by molar-refractivity contribution is 5.94. The van der Waals surface area contributed by atoms with Crippen molar-refractivity contribution in [3.05, 3.63) is 36.5 Å². The van der Waals surface area contributed by atoms with Gasteiger partial charge in [-0.05, 0) is 31.5 Å². The summed E-state index contributed by atoms with van der Waals surface area (Å²) in [5.74, 6) is 0.499. The van der Waals surface area contributed by atoms with E-state index in [9.17, 15) is 4.79 Å². The van der Waals surface area contributed by atoms with Crippen molar-refractivity contribution < 1.29 is 4.79 Å². The average molecular weight is 272 g/mol. The number of hydrogen-bond donors (Lipinski definition) is 2. The quantitative estimate of drug-likeness (QED) is 0.830. The Hall–Kier alpha value is -2.28. The van der Waals surface area contributed by atoms with Crippen LogP contribution in [0.3, 0.4) is 0 Å². The zero-order valence-electron chi connectivity index (χ0n) is 11.0. The molecule has 3 rings (SSSR count). The smallest absolute Gasteiger partial charge is 0.251 e. The molecule has 1 atom stereocenters. The third kappa shape index (κ3) is 2.83. The number of carbonyl (C=O) groups excluding carboxylic acids is 1. The van der Waals surface area contributed by atoms with E-state index in [1.165, 1.54) is 11.0 Å². The van der Waals surface area contributed by atoms with Gasteiger partial charge in [-0.2, -0.15) is 5.10 Å². The number of nitrogens with one attached hydrogen (secondary N) is 2. The molecule has 7 nitrogen and oxygen atoms in total. The van der Waals surface area contributed by atoms with Gasteiger partial charge in [0.05, 0.1) is 0 Å². The molecule has 1 fully saturated rings. The van der Waals surface area contributed by atoms with Gasteiger partial charge in [-0.25, -0.2) is 14.6 Å². The van der Waals surface area contributed by atoms with Gasteiger partial charge in [-0.15, -0.1) is 0 Å². The molecular formula is C13H16N6O. The van der Waals surface area contributed by atoms with Gasteiger partial charge in [0.2, 0.25) is 0 Å². The fourth-order valence-electron chi connectivity index (χ4n) is 2.26. The molecule has 104 valence electrons. The molecule has 0 spiro atoms. The van der Waals surface area contributed by atoms with E-state index in [4.69, 9.17) is 0 Å². The fraction of sp³-hybridized carbons (Fsp3) is 0.385. The predicted octanol–water partition coefficient (Wildman–Crippen LogP) is 0.144. The summed E-state index contributed by atoms with van der Waals surface area (Å²) in [7, 11) is 0. The number of amides is 1. The van der Waals surface area contributed by atoms with Crippen molar-refractivity contribution in [2.45, 2.75) is 18.9 Å². The number of pyridine rings is 1. The zero-order chi connectivity index (χ0) is 13.8. The maximum absolute atomic E-state index is 12.2. The van der Waals surface area contributed by atoms with Gasteiger partial charge < -0.3 is 10.6 Å². The first kappa shape index (κ1) is 12.7. The van der Waals surface area contributed by atoms with Crippen LogP contribution < -0.4 is 10.6 Å². The highest BCUT2D eigenvalue weighted by Gasteiger charge is 2.16. The number of carbonyl (C=O) groups is 1. The maximum Gasteiger partial charge on any atom is 0.251 e. The minimum absolute atomic E-state index is 0.0811. The van der Waals surface area contributed by atoms with Crippen molar-refractivity contribution in [1.82, 2.24) is 30.4 Å². The Bertz CT molecular complexity index is 576. The molecule has 0 aliphatic carbocycles. The normalized spacial score (nSPS) is 18.7. The van der Waals surface area contributed by atoms with Crippen LogP contribution in [-0.2, 0) is 0 Å². The second-order valence-corrected chi connectivity index (χ2v) is 4.76. The molecule has 2 aromatic heterocycles. The molecule has 3 heterocycles. The van der Waals surface area contributed by atoms with Crippen molar-refractivity contribution in [2.75, 3.05) is 13.1 Å². The Labute approximate surface area is 116 Å². The number of nitrogens with zero attached hydrogens (tertiary/aromatic N) is 4. The summed E-state index contributed by atoms with van der Waals surface area (Å²) >= 11 is 0. The largest absolute Gasteiger partial charge is 0.348 e. The first-order valence-electron chi connectivity index (χ1n) is 6.65. The third-order valence-electron chi connectivity index (χ3n) is 3.29. The minimum atomic E-state index is -0.0811. The summed E-state index contributed by atoms with van der Waals surface area (Å²) < 4.78 is 1.53. The highest BCUT2D eigenvalue weighted by Crippen LogP contribution is 2.07. The lowest BCUT2D eigenvalue weighted by Gasteiger charge is -2.23. The van der Waals surface area contributed by atoms with E-state index >= 15 is 0 Å². The van der Waals surface area contributed by atoms with Crippen LogP contribution in [0.15, 0.2) is 31.0 Å². The van der Waals surface area contributed by atoms with Crippen LogP contribution in [0.25, 0.3) is 5.82 Å². The number of aromatic nitrogens is 4. The van der Waals surface area contributed by atoms with Crippen LogP contribution in [0.2, 0.25) is 0 Å². The standard InChI is InChI=1S/C13H16N6O/c20-13(18-11-2-1-4-14-7-11)10-3-5-16-12(6-10)19-9-15-8-17-19/h3,5-6,8-9,11,14H,1-2,4,7H2,(H,18,20)/t11-/m0/s1. The topological polar surface area (TPSA) is 84.7 Å². The lowest BCUT2D eigenvalue weighted by molar-refractivity contribution is 0.0930. The van der Waals surface area contributed by atoms with E-state index in [1.807, 2.05) is 0 Å². The van der Waals surface area contributed by atoms with E-state index in [1.54, 1.807) is 24.7 Å². The summed E-state index contributed by atoms with van der Waals surface area (Å²) in [6, 6.07) is 3.60. The van der Waals surface area contributed by atoms with Crippen molar-refractivity contribution in [3.8, 4) is 5.82 Å². The Balaban J connectivity index is 1.73. The van der Waals surface area contributed by atoms with Gasteiger partial charge in [0.15, 0.2) is 5.82 Å². The Morgan fingerprint density at radius 2 is 2.45 bits per heavy atom. The van der Waals surface area contributed by atoms with Gasteiger partial charge in [0, 0.05) is 24.3 Å². The second-order valence-electron chi connectivity index (χ2n) is 4.76. The number of piperidine rings is 1. The summed E-state index contributed by atoms with van der Waals surface area (Å²) in [6.45, 7) is 1.85. The van der Waals surface area contributed by atoms with E-state index in [2.05, 4.69) is 25.7 Å². The van der Waals surface area contributed by atoms with E-state index in [0.29, 0.717) is 11.4 Å². The molecule has 7 heteroatoms. The monoisotopic (exact) mass is 272 g/mol. The van der Waals surface area contributed by atoms with Gasteiger partial charge in [-0.3, -0.25) is 4.79 Å². The van der Waals surface area contributed by atoms with Gasteiger partial charge in [0.1, 0.15) is 12.7 Å². The molecule has 1 amide bonds. The summed E-state index contributed by atoms with van der Waals surface area (Å²) in [5, 5.41) is 10.3. The maximum atomic E-state index is 12.2. The highest BCUT2D eigenvalue weighted by atomic mass is 16.1. The summed E-state index contributed by atoms with van der Waals surface area (Å²) in [5.41, 5.74) is 0.580. The molecule has 1 saturated heterocycles. The van der Waals surface area contributed by atoms with Crippen LogP contribution in [0.5, 0.6) is 0 Å². The lowest BCUT2D eigenvalue weighted by atomic mass is 10.1. The third-order valence-corrected chi connectivity index (χ3v) is 3.29. The summed E-state index contributed by atoms with van der Waals surface area (Å²) in [4.78, 5) is 20.3. The van der Waals surface area contributed by atoms with Crippen molar-refractivity contribution in [3.63, 3.8) is 0 Å². The van der Waals surface area contributed by atoms with Crippen molar-refractivity contribution in [1.29, 1.82) is 0 Å². The molecule has 2 N–H and O–H groups in total. The van der Waals surface area contributed by atoms with E-state index < -0.39 is 0 Å².